The molecular formula is C13H22N4OS. The summed E-state index contributed by atoms with van der Waals surface area (Å²) in [5.74, 6) is 0.789. The van der Waals surface area contributed by atoms with Crippen LogP contribution in [0.1, 0.15) is 42.3 Å². The van der Waals surface area contributed by atoms with Crippen LogP contribution in [0.15, 0.2) is 0 Å². The molecule has 1 aliphatic rings. The van der Waals surface area contributed by atoms with E-state index in [0.717, 1.165) is 11.6 Å². The summed E-state index contributed by atoms with van der Waals surface area (Å²) in [6.45, 7) is 2.20. The van der Waals surface area contributed by atoms with Crippen molar-refractivity contribution in [2.24, 2.45) is 5.92 Å². The first kappa shape index (κ1) is 14.1. The Balaban J connectivity index is 2.07. The summed E-state index contributed by atoms with van der Waals surface area (Å²) in [7, 11) is 3.78. The van der Waals surface area contributed by atoms with Gasteiger partial charge in [0.05, 0.1) is 0 Å². The van der Waals surface area contributed by atoms with Crippen molar-refractivity contribution in [3.8, 4) is 0 Å². The molecule has 2 unspecified atom stereocenters. The van der Waals surface area contributed by atoms with E-state index in [4.69, 9.17) is 5.73 Å². The highest BCUT2D eigenvalue weighted by Crippen LogP contribution is 2.28. The number of nitrogens with two attached hydrogens (primary N) is 1. The zero-order valence-electron chi connectivity index (χ0n) is 11.8. The predicted octanol–water partition coefficient (Wildman–Crippen LogP) is 2.10. The smallest absolute Gasteiger partial charge is 0.265 e. The quantitative estimate of drug-likeness (QED) is 0.890. The second kappa shape index (κ2) is 5.77. The van der Waals surface area contributed by atoms with Gasteiger partial charge in [0, 0.05) is 20.1 Å². The zero-order valence-corrected chi connectivity index (χ0v) is 12.6. The minimum absolute atomic E-state index is 0.0816. The molecule has 3 N–H and O–H groups in total. The molecule has 6 heteroatoms. The van der Waals surface area contributed by atoms with E-state index in [1.54, 1.807) is 0 Å². The lowest BCUT2D eigenvalue weighted by molar-refractivity contribution is 0.0915. The number of nitrogens with one attached hydrogen (secondary N) is 1. The van der Waals surface area contributed by atoms with Crippen molar-refractivity contribution in [2.45, 2.75) is 38.6 Å². The van der Waals surface area contributed by atoms with Gasteiger partial charge < -0.3 is 16.0 Å². The molecule has 0 saturated heterocycles. The van der Waals surface area contributed by atoms with Gasteiger partial charge in [0.2, 0.25) is 0 Å². The Hall–Kier alpha value is -1.30. The summed E-state index contributed by atoms with van der Waals surface area (Å²) in [5, 5.41) is 3.87. The fourth-order valence-electron chi connectivity index (χ4n) is 2.44. The molecule has 1 heterocycles. The maximum atomic E-state index is 12.3. The number of thiazole rings is 1. The number of nitrogen functional groups attached to an aromatic ring is 1. The van der Waals surface area contributed by atoms with Gasteiger partial charge in [-0.05, 0) is 18.8 Å². The van der Waals surface area contributed by atoms with Crippen LogP contribution in [0.4, 0.5) is 10.9 Å². The lowest BCUT2D eigenvalue weighted by atomic mass is 9.86. The number of amides is 1. The number of aromatic nitrogens is 1. The summed E-state index contributed by atoms with van der Waals surface area (Å²) in [6.07, 6.45) is 4.70. The van der Waals surface area contributed by atoms with E-state index in [-0.39, 0.29) is 11.9 Å². The van der Waals surface area contributed by atoms with Crippen molar-refractivity contribution in [1.82, 2.24) is 10.3 Å². The lowest BCUT2D eigenvalue weighted by Gasteiger charge is -2.29. The van der Waals surface area contributed by atoms with Crippen LogP contribution in [-0.2, 0) is 0 Å². The van der Waals surface area contributed by atoms with Gasteiger partial charge in [-0.25, -0.2) is 4.98 Å². The van der Waals surface area contributed by atoms with Gasteiger partial charge >= 0.3 is 0 Å². The topological polar surface area (TPSA) is 71.2 Å². The molecule has 106 valence electrons. The Morgan fingerprint density at radius 2 is 2.11 bits per heavy atom. The van der Waals surface area contributed by atoms with Crippen molar-refractivity contribution in [3.05, 3.63) is 4.88 Å². The second-order valence-electron chi connectivity index (χ2n) is 5.45. The number of anilines is 2. The van der Waals surface area contributed by atoms with E-state index in [9.17, 15) is 4.79 Å². The van der Waals surface area contributed by atoms with Gasteiger partial charge in [-0.15, -0.1) is 0 Å². The van der Waals surface area contributed by atoms with Crippen molar-refractivity contribution >= 4 is 28.2 Å². The molecule has 0 radical (unpaired) electrons. The maximum Gasteiger partial charge on any atom is 0.265 e. The Morgan fingerprint density at radius 3 is 2.68 bits per heavy atom. The van der Waals surface area contributed by atoms with E-state index in [0.29, 0.717) is 16.6 Å². The molecule has 0 bridgehead atoms. The van der Waals surface area contributed by atoms with Gasteiger partial charge in [-0.1, -0.05) is 31.1 Å². The van der Waals surface area contributed by atoms with Gasteiger partial charge in [0.25, 0.3) is 5.91 Å². The number of carbonyl (C=O) groups excluding carboxylic acids is 1. The minimum Gasteiger partial charge on any atom is -0.382 e. The van der Waals surface area contributed by atoms with Crippen LogP contribution in [0.2, 0.25) is 0 Å². The fourth-order valence-corrected chi connectivity index (χ4v) is 3.25. The predicted molar refractivity (Wildman–Crippen MR) is 79.7 cm³/mol. The van der Waals surface area contributed by atoms with Crippen molar-refractivity contribution in [1.29, 1.82) is 0 Å². The number of hydrogen-bond acceptors (Lipinski definition) is 5. The van der Waals surface area contributed by atoms with E-state index >= 15 is 0 Å². The second-order valence-corrected chi connectivity index (χ2v) is 6.42. The standard InChI is InChI=1S/C13H22N4OS/c1-8-6-4-5-7-9(8)15-12(18)10-11(14)16-13(19-10)17(2)3/h8-9H,4-7,14H2,1-3H3,(H,15,18). The molecule has 1 aliphatic carbocycles. The molecule has 19 heavy (non-hydrogen) atoms. The lowest BCUT2D eigenvalue weighted by Crippen LogP contribution is -2.40. The van der Waals surface area contributed by atoms with Crippen LogP contribution in [0.25, 0.3) is 0 Å². The van der Waals surface area contributed by atoms with E-state index in [1.807, 2.05) is 19.0 Å². The summed E-state index contributed by atoms with van der Waals surface area (Å²) in [6, 6.07) is 0.269. The first-order valence-corrected chi connectivity index (χ1v) is 7.55. The molecule has 5 nitrogen and oxygen atoms in total. The molecule has 2 rings (SSSR count). The largest absolute Gasteiger partial charge is 0.382 e. The molecule has 1 aromatic rings. The molecular weight excluding hydrogens is 260 g/mol. The Labute approximate surface area is 118 Å². The number of rotatable bonds is 3. The van der Waals surface area contributed by atoms with Crippen molar-refractivity contribution < 1.29 is 4.79 Å². The highest BCUT2D eigenvalue weighted by molar-refractivity contribution is 7.18. The molecule has 0 aliphatic heterocycles. The Bertz CT molecular complexity index is 457. The molecule has 0 spiro atoms. The highest BCUT2D eigenvalue weighted by Gasteiger charge is 2.25. The van der Waals surface area contributed by atoms with E-state index < -0.39 is 0 Å². The summed E-state index contributed by atoms with van der Waals surface area (Å²) in [4.78, 5) is 18.9. The average Bonchev–Trinajstić information content (AvgIpc) is 2.74. The number of hydrogen-bond donors (Lipinski definition) is 2. The maximum absolute atomic E-state index is 12.3. The third-order valence-corrected chi connectivity index (χ3v) is 4.90. The first-order valence-electron chi connectivity index (χ1n) is 6.73. The Morgan fingerprint density at radius 1 is 1.42 bits per heavy atom. The number of nitrogens with zero attached hydrogens (tertiary/aromatic N) is 2. The monoisotopic (exact) mass is 282 g/mol. The van der Waals surface area contributed by atoms with E-state index in [1.165, 1.54) is 30.6 Å². The van der Waals surface area contributed by atoms with Crippen LogP contribution < -0.4 is 16.0 Å². The molecule has 0 aromatic carbocycles. The normalized spacial score (nSPS) is 23.1. The van der Waals surface area contributed by atoms with Gasteiger partial charge in [0.15, 0.2) is 5.13 Å². The van der Waals surface area contributed by atoms with Crippen LogP contribution in [0, 0.1) is 5.92 Å². The summed E-state index contributed by atoms with van der Waals surface area (Å²) in [5.41, 5.74) is 5.83. The summed E-state index contributed by atoms with van der Waals surface area (Å²) < 4.78 is 0. The number of carbonyl (C=O) groups is 1. The van der Waals surface area contributed by atoms with Crippen LogP contribution >= 0.6 is 11.3 Å². The van der Waals surface area contributed by atoms with Gasteiger partial charge in [-0.3, -0.25) is 4.79 Å². The molecule has 1 fully saturated rings. The molecule has 1 aromatic heterocycles. The van der Waals surface area contributed by atoms with Crippen molar-refractivity contribution in [2.75, 3.05) is 24.7 Å². The van der Waals surface area contributed by atoms with Gasteiger partial charge in [-0.2, -0.15) is 0 Å². The SMILES string of the molecule is CC1CCCCC1NC(=O)c1sc(N(C)C)nc1N. The molecule has 1 saturated carbocycles. The van der Waals surface area contributed by atoms with Gasteiger partial charge in [0.1, 0.15) is 10.7 Å². The average molecular weight is 282 g/mol. The highest BCUT2D eigenvalue weighted by atomic mass is 32.1. The van der Waals surface area contributed by atoms with Crippen LogP contribution in [0.3, 0.4) is 0 Å². The third kappa shape index (κ3) is 3.18. The van der Waals surface area contributed by atoms with E-state index in [2.05, 4.69) is 17.2 Å². The van der Waals surface area contributed by atoms with Crippen molar-refractivity contribution in [3.63, 3.8) is 0 Å². The third-order valence-electron chi connectivity index (χ3n) is 3.66. The molecule has 2 atom stereocenters. The Kier molecular flexibility index (Phi) is 4.29. The zero-order chi connectivity index (χ0) is 14.0. The molecule has 1 amide bonds. The van der Waals surface area contributed by atoms with Crippen LogP contribution in [-0.4, -0.2) is 31.0 Å². The van der Waals surface area contributed by atoms with Crippen LogP contribution in [0.5, 0.6) is 0 Å². The minimum atomic E-state index is -0.0816. The first-order chi connectivity index (χ1) is 8.99. The summed E-state index contributed by atoms with van der Waals surface area (Å²) >= 11 is 1.34. The fraction of sp³-hybridized carbons (Fsp3) is 0.692.